The van der Waals surface area contributed by atoms with Gasteiger partial charge in [0.2, 0.25) is 0 Å². The van der Waals surface area contributed by atoms with Gasteiger partial charge in [-0.15, -0.1) is 0 Å². The molecule has 0 aromatic carbocycles. The fourth-order valence-electron chi connectivity index (χ4n) is 1.67. The molecule has 1 aliphatic carbocycles. The predicted octanol–water partition coefficient (Wildman–Crippen LogP) is 1.48. The Balaban J connectivity index is 2.41. The van der Waals surface area contributed by atoms with Crippen LogP contribution in [-0.2, 0) is 0 Å². The Hall–Kier alpha value is -0.340. The number of allylic oxidation sites excluding steroid dienone is 1. The summed E-state index contributed by atoms with van der Waals surface area (Å²) in [5.41, 5.74) is 1.43. The van der Waals surface area contributed by atoms with Crippen LogP contribution >= 0.6 is 0 Å². The van der Waals surface area contributed by atoms with Crippen LogP contribution in [0.1, 0.15) is 32.1 Å². The van der Waals surface area contributed by atoms with E-state index in [2.05, 4.69) is 6.08 Å². The molecule has 0 atom stereocenters. The van der Waals surface area contributed by atoms with E-state index < -0.39 is 0 Å². The van der Waals surface area contributed by atoms with Crippen LogP contribution in [0.2, 0.25) is 0 Å². The third kappa shape index (κ3) is 2.95. The van der Waals surface area contributed by atoms with Gasteiger partial charge in [-0.1, -0.05) is 18.1 Å². The smallest absolute Gasteiger partial charge is 0.0515 e. The van der Waals surface area contributed by atoms with Gasteiger partial charge >= 0.3 is 0 Å². The second-order valence-corrected chi connectivity index (χ2v) is 3.51. The van der Waals surface area contributed by atoms with E-state index in [1.165, 1.54) is 24.8 Å². The van der Waals surface area contributed by atoms with Crippen molar-refractivity contribution in [1.29, 1.82) is 0 Å². The maximum Gasteiger partial charge on any atom is 0.0515 e. The van der Waals surface area contributed by atoms with E-state index in [1.807, 2.05) is 0 Å². The zero-order valence-corrected chi connectivity index (χ0v) is 7.50. The van der Waals surface area contributed by atoms with Gasteiger partial charge in [-0.05, 0) is 25.7 Å². The Morgan fingerprint density at radius 1 is 1.08 bits per heavy atom. The number of rotatable bonds is 3. The van der Waals surface area contributed by atoms with Crippen molar-refractivity contribution in [3.8, 4) is 0 Å². The summed E-state index contributed by atoms with van der Waals surface area (Å²) in [6, 6.07) is 0. The van der Waals surface area contributed by atoms with Crippen molar-refractivity contribution < 1.29 is 10.2 Å². The summed E-state index contributed by atoms with van der Waals surface area (Å²) in [5, 5.41) is 17.7. The van der Waals surface area contributed by atoms with Gasteiger partial charge in [0.1, 0.15) is 0 Å². The summed E-state index contributed by atoms with van der Waals surface area (Å²) in [6.07, 6.45) is 8.26. The minimum Gasteiger partial charge on any atom is -0.396 e. The lowest BCUT2D eigenvalue weighted by atomic mass is 9.92. The molecule has 2 N–H and O–H groups in total. The van der Waals surface area contributed by atoms with Gasteiger partial charge in [0.25, 0.3) is 0 Å². The van der Waals surface area contributed by atoms with Crippen molar-refractivity contribution in [1.82, 2.24) is 0 Å². The van der Waals surface area contributed by atoms with Gasteiger partial charge in [-0.3, -0.25) is 0 Å². The summed E-state index contributed by atoms with van der Waals surface area (Å²) < 4.78 is 0. The van der Waals surface area contributed by atoms with E-state index in [9.17, 15) is 0 Å². The Morgan fingerprint density at radius 2 is 1.67 bits per heavy atom. The monoisotopic (exact) mass is 170 g/mol. The molecule has 0 unspecified atom stereocenters. The van der Waals surface area contributed by atoms with Gasteiger partial charge in [0, 0.05) is 5.92 Å². The van der Waals surface area contributed by atoms with Gasteiger partial charge in [-0.25, -0.2) is 0 Å². The molecule has 0 aromatic heterocycles. The molecular weight excluding hydrogens is 152 g/mol. The van der Waals surface area contributed by atoms with Crippen LogP contribution in [0, 0.1) is 5.92 Å². The van der Waals surface area contributed by atoms with Gasteiger partial charge in [-0.2, -0.15) is 0 Å². The normalized spacial score (nSPS) is 18.4. The van der Waals surface area contributed by atoms with Gasteiger partial charge in [0.05, 0.1) is 13.2 Å². The quantitative estimate of drug-likeness (QED) is 0.630. The van der Waals surface area contributed by atoms with E-state index in [0.29, 0.717) is 0 Å². The lowest BCUT2D eigenvalue weighted by molar-refractivity contribution is 0.177. The van der Waals surface area contributed by atoms with Crippen molar-refractivity contribution >= 4 is 0 Å². The standard InChI is InChI=1S/C10H18O2/c11-7-10(8-12)6-9-4-2-1-3-5-9/h6,10-12H,1-5,7-8H2. The topological polar surface area (TPSA) is 40.5 Å². The second-order valence-electron chi connectivity index (χ2n) is 3.51. The summed E-state index contributed by atoms with van der Waals surface area (Å²) >= 11 is 0. The SMILES string of the molecule is OCC(C=C1CCCCC1)CO. The third-order valence-corrected chi connectivity index (χ3v) is 2.44. The predicted molar refractivity (Wildman–Crippen MR) is 48.8 cm³/mol. The molecular formula is C10H18O2. The molecule has 1 fully saturated rings. The lowest BCUT2D eigenvalue weighted by Crippen LogP contribution is -2.09. The summed E-state index contributed by atoms with van der Waals surface area (Å²) in [4.78, 5) is 0. The number of hydrogen-bond acceptors (Lipinski definition) is 2. The van der Waals surface area contributed by atoms with Crippen molar-refractivity contribution in [2.45, 2.75) is 32.1 Å². The molecule has 70 valence electrons. The fourth-order valence-corrected chi connectivity index (χ4v) is 1.67. The van der Waals surface area contributed by atoms with Crippen molar-refractivity contribution in [3.05, 3.63) is 11.6 Å². The molecule has 0 radical (unpaired) electrons. The molecule has 2 heteroatoms. The highest BCUT2D eigenvalue weighted by atomic mass is 16.3. The van der Waals surface area contributed by atoms with E-state index >= 15 is 0 Å². The molecule has 1 rings (SSSR count). The zero-order valence-electron chi connectivity index (χ0n) is 7.50. The average molecular weight is 170 g/mol. The molecule has 0 saturated heterocycles. The average Bonchev–Trinajstić information content (AvgIpc) is 2.16. The highest BCUT2D eigenvalue weighted by molar-refractivity contribution is 5.06. The Bertz CT molecular complexity index is 140. The molecule has 1 saturated carbocycles. The van der Waals surface area contributed by atoms with E-state index in [1.54, 1.807) is 0 Å². The molecule has 0 amide bonds. The van der Waals surface area contributed by atoms with Crippen LogP contribution in [0.3, 0.4) is 0 Å². The van der Waals surface area contributed by atoms with Gasteiger partial charge < -0.3 is 10.2 Å². The Morgan fingerprint density at radius 3 is 2.17 bits per heavy atom. The first kappa shape index (κ1) is 9.75. The molecule has 0 heterocycles. The number of hydrogen-bond donors (Lipinski definition) is 2. The van der Waals surface area contributed by atoms with Crippen LogP contribution in [0.15, 0.2) is 11.6 Å². The molecule has 1 aliphatic rings. The van der Waals surface area contributed by atoms with Crippen LogP contribution in [-0.4, -0.2) is 23.4 Å². The molecule has 0 aromatic rings. The number of aliphatic hydroxyl groups is 2. The highest BCUT2D eigenvalue weighted by Gasteiger charge is 2.08. The number of aliphatic hydroxyl groups excluding tert-OH is 2. The van der Waals surface area contributed by atoms with Crippen molar-refractivity contribution in [2.24, 2.45) is 5.92 Å². The zero-order chi connectivity index (χ0) is 8.81. The first-order valence-electron chi connectivity index (χ1n) is 4.78. The first-order valence-corrected chi connectivity index (χ1v) is 4.78. The maximum absolute atomic E-state index is 8.85. The molecule has 12 heavy (non-hydrogen) atoms. The fraction of sp³-hybridized carbons (Fsp3) is 0.800. The maximum atomic E-state index is 8.85. The highest BCUT2D eigenvalue weighted by Crippen LogP contribution is 2.23. The molecule has 0 bridgehead atoms. The van der Waals surface area contributed by atoms with Crippen LogP contribution in [0.4, 0.5) is 0 Å². The van der Waals surface area contributed by atoms with Gasteiger partial charge in [0.15, 0.2) is 0 Å². The van der Waals surface area contributed by atoms with E-state index in [0.717, 1.165) is 12.8 Å². The minimum absolute atomic E-state index is 0.0295. The largest absolute Gasteiger partial charge is 0.396 e. The molecule has 2 nitrogen and oxygen atoms in total. The Kier molecular flexibility index (Phi) is 4.33. The van der Waals surface area contributed by atoms with Crippen LogP contribution < -0.4 is 0 Å². The molecule has 0 spiro atoms. The first-order chi connectivity index (χ1) is 5.86. The van der Waals surface area contributed by atoms with Crippen molar-refractivity contribution in [2.75, 3.05) is 13.2 Å². The summed E-state index contributed by atoms with van der Waals surface area (Å²) in [5.74, 6) is -0.0295. The van der Waals surface area contributed by atoms with Crippen LogP contribution in [0.25, 0.3) is 0 Å². The van der Waals surface area contributed by atoms with E-state index in [-0.39, 0.29) is 19.1 Å². The third-order valence-electron chi connectivity index (χ3n) is 2.44. The van der Waals surface area contributed by atoms with Crippen LogP contribution in [0.5, 0.6) is 0 Å². The minimum atomic E-state index is -0.0295. The second kappa shape index (κ2) is 5.33. The summed E-state index contributed by atoms with van der Waals surface area (Å²) in [6.45, 7) is 0.139. The lowest BCUT2D eigenvalue weighted by Gasteiger charge is -2.15. The van der Waals surface area contributed by atoms with E-state index in [4.69, 9.17) is 10.2 Å². The Labute approximate surface area is 73.9 Å². The molecule has 0 aliphatic heterocycles. The van der Waals surface area contributed by atoms with Crippen molar-refractivity contribution in [3.63, 3.8) is 0 Å². The summed E-state index contributed by atoms with van der Waals surface area (Å²) in [7, 11) is 0.